The van der Waals surface area contributed by atoms with Crippen molar-refractivity contribution in [1.82, 2.24) is 4.90 Å². The maximum absolute atomic E-state index is 12.5. The molecule has 1 heterocycles. The highest BCUT2D eigenvalue weighted by atomic mass is 19.4. The third kappa shape index (κ3) is 3.16. The summed E-state index contributed by atoms with van der Waals surface area (Å²) < 4.78 is 37.5. The van der Waals surface area contributed by atoms with E-state index >= 15 is 0 Å². The second-order valence-corrected chi connectivity index (χ2v) is 4.97. The predicted molar refractivity (Wildman–Crippen MR) is 62.9 cm³/mol. The van der Waals surface area contributed by atoms with Crippen LogP contribution in [0.1, 0.15) is 39.5 Å². The molecule has 1 saturated heterocycles. The zero-order valence-corrected chi connectivity index (χ0v) is 10.9. The van der Waals surface area contributed by atoms with Gasteiger partial charge in [0.2, 0.25) is 5.91 Å². The number of nitrogens with zero attached hydrogens (tertiary/aromatic N) is 1. The van der Waals surface area contributed by atoms with Crippen LogP contribution >= 0.6 is 0 Å². The maximum Gasteiger partial charge on any atom is 0.391 e. The van der Waals surface area contributed by atoms with Crippen LogP contribution in [0.4, 0.5) is 13.2 Å². The van der Waals surface area contributed by atoms with Gasteiger partial charge < -0.3 is 10.6 Å². The summed E-state index contributed by atoms with van der Waals surface area (Å²) in [6.45, 7) is 3.96. The minimum absolute atomic E-state index is 0.0151. The predicted octanol–water partition coefficient (Wildman–Crippen LogP) is 2.30. The third-order valence-electron chi connectivity index (χ3n) is 3.93. The van der Waals surface area contributed by atoms with Gasteiger partial charge in [0, 0.05) is 13.1 Å². The first-order chi connectivity index (χ1) is 8.24. The summed E-state index contributed by atoms with van der Waals surface area (Å²) in [6.07, 6.45) is -3.18. The number of carbonyl (C=O) groups excluding carboxylic acids is 1. The van der Waals surface area contributed by atoms with E-state index in [1.165, 1.54) is 4.90 Å². The summed E-state index contributed by atoms with van der Waals surface area (Å²) in [5, 5.41) is 0. The molecule has 1 rings (SSSR count). The fourth-order valence-corrected chi connectivity index (χ4v) is 2.28. The molecule has 0 aromatic heterocycles. The van der Waals surface area contributed by atoms with Crippen molar-refractivity contribution < 1.29 is 18.0 Å². The van der Waals surface area contributed by atoms with Gasteiger partial charge in [-0.2, -0.15) is 13.2 Å². The fourth-order valence-electron chi connectivity index (χ4n) is 2.28. The smallest absolute Gasteiger partial charge is 0.341 e. The van der Waals surface area contributed by atoms with Crippen LogP contribution in [0, 0.1) is 5.92 Å². The van der Waals surface area contributed by atoms with Crippen molar-refractivity contribution >= 4 is 5.91 Å². The van der Waals surface area contributed by atoms with Gasteiger partial charge in [-0.25, -0.2) is 0 Å². The lowest BCUT2D eigenvalue weighted by Gasteiger charge is -2.38. The van der Waals surface area contributed by atoms with Crippen LogP contribution in [-0.4, -0.2) is 35.6 Å². The number of halogens is 3. The molecule has 3 nitrogen and oxygen atoms in total. The second kappa shape index (κ2) is 5.47. The van der Waals surface area contributed by atoms with Crippen LogP contribution in [0.3, 0.4) is 0 Å². The first kappa shape index (κ1) is 15.3. The zero-order valence-electron chi connectivity index (χ0n) is 10.9. The lowest BCUT2D eigenvalue weighted by Crippen LogP contribution is -2.56. The number of alkyl halides is 3. The molecule has 1 amide bonds. The van der Waals surface area contributed by atoms with Crippen LogP contribution in [0.5, 0.6) is 0 Å². The molecular formula is C12H21F3N2O. The van der Waals surface area contributed by atoms with E-state index in [0.717, 1.165) is 0 Å². The van der Waals surface area contributed by atoms with Gasteiger partial charge >= 0.3 is 6.18 Å². The van der Waals surface area contributed by atoms with E-state index in [1.807, 2.05) is 13.8 Å². The first-order valence-electron chi connectivity index (χ1n) is 6.39. The number of carbonyl (C=O) groups is 1. The molecule has 2 N–H and O–H groups in total. The summed E-state index contributed by atoms with van der Waals surface area (Å²) >= 11 is 0. The van der Waals surface area contributed by atoms with Crippen molar-refractivity contribution in [2.75, 3.05) is 13.1 Å². The summed E-state index contributed by atoms with van der Waals surface area (Å²) in [5.41, 5.74) is 5.05. The first-order valence-corrected chi connectivity index (χ1v) is 6.39. The second-order valence-electron chi connectivity index (χ2n) is 4.97. The number of amides is 1. The Morgan fingerprint density at radius 1 is 1.22 bits per heavy atom. The molecule has 106 valence electrons. The molecule has 18 heavy (non-hydrogen) atoms. The van der Waals surface area contributed by atoms with E-state index < -0.39 is 17.6 Å². The summed E-state index contributed by atoms with van der Waals surface area (Å²) in [5.74, 6) is -1.50. The number of piperidine rings is 1. The number of likely N-dealkylation sites (tertiary alicyclic amines) is 1. The molecule has 0 aliphatic carbocycles. The zero-order chi connectivity index (χ0) is 14.0. The van der Waals surface area contributed by atoms with Crippen molar-refractivity contribution in [3.63, 3.8) is 0 Å². The summed E-state index contributed by atoms with van der Waals surface area (Å²) in [4.78, 5) is 13.6. The number of hydrogen-bond donors (Lipinski definition) is 1. The molecule has 1 aliphatic rings. The standard InChI is InChI=1S/C12H21F3N2O/c1-3-11(16,4-2)10(18)17-7-5-9(6-8-17)12(13,14)15/h9H,3-8,16H2,1-2H3. The number of hydrogen-bond acceptors (Lipinski definition) is 2. The largest absolute Gasteiger partial charge is 0.391 e. The number of nitrogens with two attached hydrogens (primary N) is 1. The molecule has 0 saturated carbocycles. The van der Waals surface area contributed by atoms with Crippen molar-refractivity contribution in [2.24, 2.45) is 11.7 Å². The van der Waals surface area contributed by atoms with E-state index in [1.54, 1.807) is 0 Å². The summed E-state index contributed by atoms with van der Waals surface area (Å²) in [7, 11) is 0. The summed E-state index contributed by atoms with van der Waals surface area (Å²) in [6, 6.07) is 0. The van der Waals surface area contributed by atoms with E-state index in [9.17, 15) is 18.0 Å². The van der Waals surface area contributed by atoms with E-state index in [0.29, 0.717) is 12.8 Å². The molecule has 1 fully saturated rings. The Morgan fingerprint density at radius 3 is 2.00 bits per heavy atom. The van der Waals surface area contributed by atoms with Crippen LogP contribution in [-0.2, 0) is 4.79 Å². The maximum atomic E-state index is 12.5. The molecule has 6 heteroatoms. The lowest BCUT2D eigenvalue weighted by atomic mass is 9.89. The Morgan fingerprint density at radius 2 is 1.67 bits per heavy atom. The van der Waals surface area contributed by atoms with E-state index in [2.05, 4.69) is 0 Å². The van der Waals surface area contributed by atoms with Crippen molar-refractivity contribution in [3.8, 4) is 0 Å². The molecule has 0 bridgehead atoms. The van der Waals surface area contributed by atoms with Crippen molar-refractivity contribution in [3.05, 3.63) is 0 Å². The quantitative estimate of drug-likeness (QED) is 0.852. The van der Waals surface area contributed by atoms with E-state index in [4.69, 9.17) is 5.73 Å². The molecule has 0 unspecified atom stereocenters. The van der Waals surface area contributed by atoms with Crippen LogP contribution < -0.4 is 5.73 Å². The van der Waals surface area contributed by atoms with Gasteiger partial charge in [0.1, 0.15) is 0 Å². The minimum Gasteiger partial charge on any atom is -0.341 e. The lowest BCUT2D eigenvalue weighted by molar-refractivity contribution is -0.187. The van der Waals surface area contributed by atoms with Gasteiger partial charge in [-0.1, -0.05) is 13.8 Å². The van der Waals surface area contributed by atoms with Gasteiger partial charge in [-0.05, 0) is 25.7 Å². The van der Waals surface area contributed by atoms with E-state index in [-0.39, 0.29) is 31.8 Å². The third-order valence-corrected chi connectivity index (χ3v) is 3.93. The molecule has 0 radical (unpaired) electrons. The molecule has 0 spiro atoms. The van der Waals surface area contributed by atoms with Gasteiger partial charge in [-0.15, -0.1) is 0 Å². The van der Waals surface area contributed by atoms with Crippen molar-refractivity contribution in [2.45, 2.75) is 51.2 Å². The van der Waals surface area contributed by atoms with Crippen molar-refractivity contribution in [1.29, 1.82) is 0 Å². The van der Waals surface area contributed by atoms with Gasteiger partial charge in [0.25, 0.3) is 0 Å². The Hall–Kier alpha value is -0.780. The Labute approximate surface area is 106 Å². The SMILES string of the molecule is CCC(N)(CC)C(=O)N1CCC(C(F)(F)F)CC1. The monoisotopic (exact) mass is 266 g/mol. The molecular weight excluding hydrogens is 245 g/mol. The fraction of sp³-hybridized carbons (Fsp3) is 0.917. The highest BCUT2D eigenvalue weighted by Gasteiger charge is 2.43. The topological polar surface area (TPSA) is 46.3 Å². The Bertz CT molecular complexity index is 292. The Kier molecular flexibility index (Phi) is 4.64. The Balaban J connectivity index is 2.61. The minimum atomic E-state index is -4.15. The van der Waals surface area contributed by atoms with Crippen LogP contribution in [0.15, 0.2) is 0 Å². The van der Waals surface area contributed by atoms with Gasteiger partial charge in [0.15, 0.2) is 0 Å². The molecule has 0 aromatic carbocycles. The molecule has 1 aliphatic heterocycles. The molecule has 0 aromatic rings. The molecule has 0 atom stereocenters. The normalized spacial score (nSPS) is 19.1. The van der Waals surface area contributed by atoms with Crippen LogP contribution in [0.25, 0.3) is 0 Å². The number of rotatable bonds is 3. The van der Waals surface area contributed by atoms with Crippen LogP contribution in [0.2, 0.25) is 0 Å². The van der Waals surface area contributed by atoms with Gasteiger partial charge in [0.05, 0.1) is 11.5 Å². The average Bonchev–Trinajstić information content (AvgIpc) is 2.36. The van der Waals surface area contributed by atoms with Gasteiger partial charge in [-0.3, -0.25) is 4.79 Å². The highest BCUT2D eigenvalue weighted by Crippen LogP contribution is 2.34. The highest BCUT2D eigenvalue weighted by molar-refractivity contribution is 5.86. The average molecular weight is 266 g/mol.